The molecule has 2 aliphatic rings. The van der Waals surface area contributed by atoms with Crippen molar-refractivity contribution in [3.05, 3.63) is 53.6 Å². The Morgan fingerprint density at radius 1 is 0.962 bits per heavy atom. The molecule has 5 nitrogen and oxygen atoms in total. The number of nitrogens with zero attached hydrogens (tertiary/aromatic N) is 2. The summed E-state index contributed by atoms with van der Waals surface area (Å²) in [6.07, 6.45) is 1.09. The van der Waals surface area contributed by atoms with Crippen LogP contribution >= 0.6 is 0 Å². The molecule has 4 rings (SSSR count). The lowest BCUT2D eigenvalue weighted by Gasteiger charge is -2.43. The molecule has 2 atom stereocenters. The molecule has 1 aliphatic heterocycles. The number of ether oxygens (including phenoxy) is 1. The van der Waals surface area contributed by atoms with Crippen LogP contribution in [0.4, 0.5) is 5.69 Å². The van der Waals surface area contributed by atoms with Crippen LogP contribution in [-0.4, -0.2) is 60.5 Å². The van der Waals surface area contributed by atoms with Gasteiger partial charge < -0.3 is 19.8 Å². The number of fused-ring (bicyclic) bond motifs is 1. The summed E-state index contributed by atoms with van der Waals surface area (Å²) < 4.78 is 5.49. The number of aliphatic hydroxyl groups excluding tert-OH is 1. The number of phenolic OH excluding ortho intramolecular Hbond substituents is 1. The van der Waals surface area contributed by atoms with Gasteiger partial charge in [-0.15, -0.1) is 0 Å². The van der Waals surface area contributed by atoms with Gasteiger partial charge in [-0.25, -0.2) is 0 Å². The van der Waals surface area contributed by atoms with E-state index in [0.717, 1.165) is 55.2 Å². The third-order valence-electron chi connectivity index (χ3n) is 5.70. The Balaban J connectivity index is 1.45. The molecule has 1 fully saturated rings. The van der Waals surface area contributed by atoms with E-state index in [1.807, 2.05) is 30.3 Å². The Labute approximate surface area is 154 Å². The highest BCUT2D eigenvalue weighted by Crippen LogP contribution is 2.31. The Kier molecular flexibility index (Phi) is 4.74. The second-order valence-corrected chi connectivity index (χ2v) is 7.19. The molecule has 2 aromatic carbocycles. The summed E-state index contributed by atoms with van der Waals surface area (Å²) in [5.74, 6) is 1.21. The lowest BCUT2D eigenvalue weighted by molar-refractivity contribution is 0.0394. The van der Waals surface area contributed by atoms with E-state index in [4.69, 9.17) is 4.74 Å². The monoisotopic (exact) mass is 354 g/mol. The normalized spacial score (nSPS) is 23.5. The van der Waals surface area contributed by atoms with E-state index in [0.29, 0.717) is 12.2 Å². The van der Waals surface area contributed by atoms with Crippen molar-refractivity contribution in [2.45, 2.75) is 25.0 Å². The number of para-hydroxylation sites is 2. The van der Waals surface area contributed by atoms with Gasteiger partial charge in [0.15, 0.2) is 0 Å². The van der Waals surface area contributed by atoms with Gasteiger partial charge in [-0.1, -0.05) is 18.2 Å². The van der Waals surface area contributed by atoms with Crippen molar-refractivity contribution in [3.63, 3.8) is 0 Å². The van der Waals surface area contributed by atoms with Gasteiger partial charge >= 0.3 is 0 Å². The molecule has 0 saturated carbocycles. The minimum atomic E-state index is -0.357. The van der Waals surface area contributed by atoms with Crippen molar-refractivity contribution >= 4 is 5.69 Å². The van der Waals surface area contributed by atoms with E-state index in [1.54, 1.807) is 13.2 Å². The van der Waals surface area contributed by atoms with E-state index in [-0.39, 0.29) is 12.1 Å². The SMILES string of the molecule is COc1ccccc1N1CCN([C@@H]2Cc3cc(O)ccc3C[C@H]2O)CC1. The molecule has 2 aromatic rings. The Morgan fingerprint density at radius 3 is 2.50 bits per heavy atom. The van der Waals surface area contributed by atoms with E-state index in [1.165, 1.54) is 0 Å². The number of hydrogen-bond donors (Lipinski definition) is 2. The van der Waals surface area contributed by atoms with E-state index < -0.39 is 0 Å². The van der Waals surface area contributed by atoms with Crippen molar-refractivity contribution in [2.24, 2.45) is 0 Å². The topological polar surface area (TPSA) is 56.2 Å². The number of aliphatic hydroxyl groups is 1. The number of methoxy groups -OCH3 is 1. The van der Waals surface area contributed by atoms with Gasteiger partial charge in [0.1, 0.15) is 11.5 Å². The first-order valence-corrected chi connectivity index (χ1v) is 9.26. The number of piperazine rings is 1. The summed E-state index contributed by atoms with van der Waals surface area (Å²) in [6, 6.07) is 13.7. The van der Waals surface area contributed by atoms with Crippen LogP contribution in [0.3, 0.4) is 0 Å². The van der Waals surface area contributed by atoms with Crippen LogP contribution in [0.1, 0.15) is 11.1 Å². The van der Waals surface area contributed by atoms with Gasteiger partial charge in [0.05, 0.1) is 18.9 Å². The number of aromatic hydroxyl groups is 1. The molecule has 138 valence electrons. The predicted molar refractivity (Wildman–Crippen MR) is 102 cm³/mol. The van der Waals surface area contributed by atoms with Crippen LogP contribution in [0.5, 0.6) is 11.5 Å². The Morgan fingerprint density at radius 2 is 1.73 bits per heavy atom. The van der Waals surface area contributed by atoms with E-state index in [2.05, 4.69) is 15.9 Å². The first-order chi connectivity index (χ1) is 12.7. The predicted octanol–water partition coefficient (Wildman–Crippen LogP) is 2.05. The van der Waals surface area contributed by atoms with Crippen LogP contribution < -0.4 is 9.64 Å². The van der Waals surface area contributed by atoms with E-state index >= 15 is 0 Å². The lowest BCUT2D eigenvalue weighted by atomic mass is 9.85. The van der Waals surface area contributed by atoms with Crippen LogP contribution in [0.25, 0.3) is 0 Å². The number of rotatable bonds is 3. The number of hydrogen-bond acceptors (Lipinski definition) is 5. The Hall–Kier alpha value is -2.24. The van der Waals surface area contributed by atoms with Gasteiger partial charge in [0.2, 0.25) is 0 Å². The lowest BCUT2D eigenvalue weighted by Crippen LogP contribution is -2.56. The highest BCUT2D eigenvalue weighted by molar-refractivity contribution is 5.58. The third kappa shape index (κ3) is 3.24. The van der Waals surface area contributed by atoms with Crippen molar-refractivity contribution < 1.29 is 14.9 Å². The molecule has 1 saturated heterocycles. The molecule has 0 bridgehead atoms. The summed E-state index contributed by atoms with van der Waals surface area (Å²) in [5, 5.41) is 20.4. The maximum atomic E-state index is 10.7. The zero-order valence-corrected chi connectivity index (χ0v) is 15.1. The zero-order chi connectivity index (χ0) is 18.1. The van der Waals surface area contributed by atoms with Gasteiger partial charge in [-0.2, -0.15) is 0 Å². The molecule has 0 aromatic heterocycles. The molecule has 0 spiro atoms. The first kappa shape index (κ1) is 17.2. The summed E-state index contributed by atoms with van der Waals surface area (Å²) in [6.45, 7) is 3.65. The molecule has 0 amide bonds. The third-order valence-corrected chi connectivity index (χ3v) is 5.70. The zero-order valence-electron chi connectivity index (χ0n) is 15.1. The van der Waals surface area contributed by atoms with Gasteiger partial charge in [0.25, 0.3) is 0 Å². The molecule has 1 heterocycles. The number of anilines is 1. The molecule has 5 heteroatoms. The van der Waals surface area contributed by atoms with E-state index in [9.17, 15) is 10.2 Å². The standard InChI is InChI=1S/C21H26N2O3/c1-26-21-5-3-2-4-18(21)22-8-10-23(11-9-22)19-13-16-12-17(24)7-6-15(16)14-20(19)25/h2-7,12,19-20,24-25H,8-11,13-14H2,1H3/t19-,20-/m1/s1. The highest BCUT2D eigenvalue weighted by Gasteiger charge is 2.33. The minimum absolute atomic E-state index is 0.115. The highest BCUT2D eigenvalue weighted by atomic mass is 16.5. The van der Waals surface area contributed by atoms with Crippen LogP contribution in [0.2, 0.25) is 0 Å². The van der Waals surface area contributed by atoms with Crippen molar-refractivity contribution in [2.75, 3.05) is 38.2 Å². The average molecular weight is 354 g/mol. The second kappa shape index (κ2) is 7.17. The summed E-state index contributed by atoms with van der Waals surface area (Å²) >= 11 is 0. The molecular weight excluding hydrogens is 328 g/mol. The van der Waals surface area contributed by atoms with Crippen LogP contribution in [-0.2, 0) is 12.8 Å². The summed E-state index contributed by atoms with van der Waals surface area (Å²) in [7, 11) is 1.71. The minimum Gasteiger partial charge on any atom is -0.508 e. The van der Waals surface area contributed by atoms with Crippen molar-refractivity contribution in [3.8, 4) is 11.5 Å². The summed E-state index contributed by atoms with van der Waals surface area (Å²) in [4.78, 5) is 4.74. The molecule has 26 heavy (non-hydrogen) atoms. The molecule has 1 aliphatic carbocycles. The number of benzene rings is 2. The van der Waals surface area contributed by atoms with Crippen molar-refractivity contribution in [1.82, 2.24) is 4.90 Å². The molecule has 2 N–H and O–H groups in total. The Bertz CT molecular complexity index is 772. The number of phenols is 1. The molecule has 0 unspecified atom stereocenters. The fraction of sp³-hybridized carbons (Fsp3) is 0.429. The van der Waals surface area contributed by atoms with Crippen molar-refractivity contribution in [1.29, 1.82) is 0 Å². The fourth-order valence-corrected chi connectivity index (χ4v) is 4.28. The average Bonchev–Trinajstić information content (AvgIpc) is 2.68. The quantitative estimate of drug-likeness (QED) is 0.884. The largest absolute Gasteiger partial charge is 0.508 e. The van der Waals surface area contributed by atoms with Crippen LogP contribution in [0, 0.1) is 0 Å². The van der Waals surface area contributed by atoms with Gasteiger partial charge in [-0.05, 0) is 41.8 Å². The first-order valence-electron chi connectivity index (χ1n) is 9.26. The smallest absolute Gasteiger partial charge is 0.142 e. The fourth-order valence-electron chi connectivity index (χ4n) is 4.28. The molecular formula is C21H26N2O3. The maximum absolute atomic E-state index is 10.7. The van der Waals surface area contributed by atoms with Gasteiger partial charge in [0, 0.05) is 38.6 Å². The van der Waals surface area contributed by atoms with Gasteiger partial charge in [-0.3, -0.25) is 4.90 Å². The second-order valence-electron chi connectivity index (χ2n) is 7.19. The maximum Gasteiger partial charge on any atom is 0.142 e. The van der Waals surface area contributed by atoms with Crippen LogP contribution in [0.15, 0.2) is 42.5 Å². The summed E-state index contributed by atoms with van der Waals surface area (Å²) in [5.41, 5.74) is 3.45. The molecule has 0 radical (unpaired) electrons.